The van der Waals surface area contributed by atoms with Gasteiger partial charge in [0.05, 0.1) is 16.5 Å². The molecule has 0 aliphatic heterocycles. The van der Waals surface area contributed by atoms with Crippen LogP contribution in [0.5, 0.6) is 0 Å². The van der Waals surface area contributed by atoms with Crippen molar-refractivity contribution in [2.24, 2.45) is 0 Å². The number of benzene rings is 3. The summed E-state index contributed by atoms with van der Waals surface area (Å²) in [6.45, 7) is 5.46. The van der Waals surface area contributed by atoms with Crippen LogP contribution in [0, 0.1) is 20.8 Å². The van der Waals surface area contributed by atoms with E-state index in [2.05, 4.69) is 9.97 Å². The summed E-state index contributed by atoms with van der Waals surface area (Å²) in [4.78, 5) is 45.1. The SMILES string of the molecule is Cc1cc(C)c(C(=O)COC(=O)c2ccccc2Cc2nc3ccccc3c(=O)[nH]2)cc1C. The van der Waals surface area contributed by atoms with E-state index in [1.807, 2.05) is 39.0 Å². The number of aromatic amines is 1. The van der Waals surface area contributed by atoms with E-state index in [0.29, 0.717) is 33.4 Å². The molecule has 0 atom stereocenters. The van der Waals surface area contributed by atoms with Gasteiger partial charge in [0.15, 0.2) is 6.61 Å². The zero-order chi connectivity index (χ0) is 23.5. The third kappa shape index (κ3) is 4.75. The Morgan fingerprint density at radius 1 is 0.879 bits per heavy atom. The Balaban J connectivity index is 1.53. The van der Waals surface area contributed by atoms with Crippen molar-refractivity contribution in [3.8, 4) is 0 Å². The molecule has 0 fully saturated rings. The average molecular weight is 440 g/mol. The van der Waals surface area contributed by atoms with Crippen LogP contribution >= 0.6 is 0 Å². The molecule has 3 aromatic carbocycles. The van der Waals surface area contributed by atoms with Gasteiger partial charge in [-0.05, 0) is 67.3 Å². The van der Waals surface area contributed by atoms with Crippen LogP contribution in [0.15, 0.2) is 65.5 Å². The predicted molar refractivity (Wildman–Crippen MR) is 127 cm³/mol. The molecule has 0 aliphatic rings. The van der Waals surface area contributed by atoms with Crippen molar-refractivity contribution < 1.29 is 14.3 Å². The monoisotopic (exact) mass is 440 g/mol. The zero-order valence-corrected chi connectivity index (χ0v) is 18.8. The van der Waals surface area contributed by atoms with Crippen LogP contribution < -0.4 is 5.56 Å². The standard InChI is InChI=1S/C27H24N2O4/c1-16-12-18(3)22(13-17(16)2)24(30)15-33-27(32)20-9-5-4-8-19(20)14-25-28-23-11-7-6-10-21(23)26(31)29-25/h4-13H,14-15H2,1-3H3,(H,28,29,31). The van der Waals surface area contributed by atoms with Gasteiger partial charge in [-0.3, -0.25) is 9.59 Å². The predicted octanol–water partition coefficient (Wildman–Crippen LogP) is 4.48. The van der Waals surface area contributed by atoms with E-state index in [4.69, 9.17) is 4.74 Å². The molecule has 0 aliphatic carbocycles. The van der Waals surface area contributed by atoms with Crippen LogP contribution in [0.2, 0.25) is 0 Å². The maximum atomic E-state index is 12.8. The smallest absolute Gasteiger partial charge is 0.338 e. The lowest BCUT2D eigenvalue weighted by Gasteiger charge is -2.11. The Labute approximate surface area is 191 Å². The van der Waals surface area contributed by atoms with Crippen LogP contribution in [0.4, 0.5) is 0 Å². The number of esters is 1. The Morgan fingerprint density at radius 3 is 2.39 bits per heavy atom. The molecule has 0 spiro atoms. The first-order valence-electron chi connectivity index (χ1n) is 10.7. The van der Waals surface area contributed by atoms with Gasteiger partial charge < -0.3 is 9.72 Å². The molecule has 6 nitrogen and oxygen atoms in total. The number of ether oxygens (including phenoxy) is 1. The Bertz CT molecular complexity index is 1440. The Morgan fingerprint density at radius 2 is 1.58 bits per heavy atom. The van der Waals surface area contributed by atoms with Crippen molar-refractivity contribution in [3.63, 3.8) is 0 Å². The maximum absolute atomic E-state index is 12.8. The number of para-hydroxylation sites is 1. The van der Waals surface area contributed by atoms with E-state index >= 15 is 0 Å². The van der Waals surface area contributed by atoms with E-state index in [0.717, 1.165) is 16.7 Å². The van der Waals surface area contributed by atoms with Gasteiger partial charge in [-0.25, -0.2) is 9.78 Å². The molecule has 166 valence electrons. The normalized spacial score (nSPS) is 10.9. The number of nitrogens with one attached hydrogen (secondary N) is 1. The summed E-state index contributed by atoms with van der Waals surface area (Å²) in [7, 11) is 0. The topological polar surface area (TPSA) is 89.1 Å². The summed E-state index contributed by atoms with van der Waals surface area (Å²) in [5.74, 6) is -0.397. The van der Waals surface area contributed by atoms with Gasteiger partial charge in [-0.15, -0.1) is 0 Å². The van der Waals surface area contributed by atoms with Crippen molar-refractivity contribution in [3.05, 3.63) is 110 Å². The molecule has 1 aromatic heterocycles. The number of fused-ring (bicyclic) bond motifs is 1. The van der Waals surface area contributed by atoms with Crippen molar-refractivity contribution in [2.75, 3.05) is 6.61 Å². The second-order valence-electron chi connectivity index (χ2n) is 8.11. The summed E-state index contributed by atoms with van der Waals surface area (Å²) < 4.78 is 5.36. The summed E-state index contributed by atoms with van der Waals surface area (Å²) in [5.41, 5.74) is 4.86. The van der Waals surface area contributed by atoms with Crippen molar-refractivity contribution in [2.45, 2.75) is 27.2 Å². The number of nitrogens with zero attached hydrogens (tertiary/aromatic N) is 1. The van der Waals surface area contributed by atoms with Crippen LogP contribution in [0.3, 0.4) is 0 Å². The Hall–Kier alpha value is -4.06. The van der Waals surface area contributed by atoms with Crippen LogP contribution in [-0.2, 0) is 11.2 Å². The molecule has 0 amide bonds. The molecule has 0 saturated heterocycles. The number of aromatic nitrogens is 2. The third-order valence-electron chi connectivity index (χ3n) is 5.73. The maximum Gasteiger partial charge on any atom is 0.338 e. The molecule has 0 unspecified atom stereocenters. The first kappa shape index (κ1) is 22.1. The minimum absolute atomic E-state index is 0.231. The quantitative estimate of drug-likeness (QED) is 0.353. The summed E-state index contributed by atoms with van der Waals surface area (Å²) in [5, 5.41) is 0.508. The number of H-pyrrole nitrogens is 1. The molecule has 33 heavy (non-hydrogen) atoms. The van der Waals surface area contributed by atoms with Gasteiger partial charge in [0, 0.05) is 12.0 Å². The first-order chi connectivity index (χ1) is 15.8. The number of carbonyl (C=O) groups is 2. The largest absolute Gasteiger partial charge is 0.454 e. The fraction of sp³-hybridized carbons (Fsp3) is 0.185. The molecular formula is C27H24N2O4. The van der Waals surface area contributed by atoms with E-state index in [9.17, 15) is 14.4 Å². The molecule has 0 radical (unpaired) electrons. The van der Waals surface area contributed by atoms with E-state index in [1.165, 1.54) is 0 Å². The number of rotatable bonds is 6. The summed E-state index contributed by atoms with van der Waals surface area (Å²) >= 11 is 0. The highest BCUT2D eigenvalue weighted by Crippen LogP contribution is 2.18. The van der Waals surface area contributed by atoms with Gasteiger partial charge in [-0.2, -0.15) is 0 Å². The fourth-order valence-electron chi connectivity index (χ4n) is 3.82. The van der Waals surface area contributed by atoms with Gasteiger partial charge in [0.25, 0.3) is 5.56 Å². The number of ketones is 1. The van der Waals surface area contributed by atoms with Crippen molar-refractivity contribution in [1.82, 2.24) is 9.97 Å². The lowest BCUT2D eigenvalue weighted by molar-refractivity contribution is 0.0473. The lowest BCUT2D eigenvalue weighted by atomic mass is 9.98. The van der Waals surface area contributed by atoms with E-state index in [1.54, 1.807) is 42.5 Å². The molecule has 1 N–H and O–H groups in total. The minimum Gasteiger partial charge on any atom is -0.454 e. The lowest BCUT2D eigenvalue weighted by Crippen LogP contribution is -2.17. The molecule has 6 heteroatoms. The fourth-order valence-corrected chi connectivity index (χ4v) is 3.82. The molecule has 4 rings (SSSR count). The molecule has 1 heterocycles. The van der Waals surface area contributed by atoms with Crippen molar-refractivity contribution >= 4 is 22.7 Å². The third-order valence-corrected chi connectivity index (χ3v) is 5.73. The van der Waals surface area contributed by atoms with E-state index < -0.39 is 5.97 Å². The summed E-state index contributed by atoms with van der Waals surface area (Å²) in [6.07, 6.45) is 0.246. The van der Waals surface area contributed by atoms with Crippen molar-refractivity contribution in [1.29, 1.82) is 0 Å². The molecule has 4 aromatic rings. The summed E-state index contributed by atoms with van der Waals surface area (Å²) in [6, 6.07) is 17.8. The van der Waals surface area contributed by atoms with Crippen LogP contribution in [0.1, 0.15) is 48.8 Å². The molecule has 0 bridgehead atoms. The van der Waals surface area contributed by atoms with Crippen LogP contribution in [-0.4, -0.2) is 28.3 Å². The number of Topliss-reactive ketones (excluding diaryl/α,β-unsaturated/α-hetero) is 1. The highest BCUT2D eigenvalue weighted by Gasteiger charge is 2.17. The second kappa shape index (κ2) is 9.20. The number of hydrogen-bond donors (Lipinski definition) is 1. The first-order valence-corrected chi connectivity index (χ1v) is 10.7. The minimum atomic E-state index is -0.594. The zero-order valence-electron chi connectivity index (χ0n) is 18.8. The van der Waals surface area contributed by atoms with Gasteiger partial charge in [0.1, 0.15) is 5.82 Å². The highest BCUT2D eigenvalue weighted by atomic mass is 16.5. The van der Waals surface area contributed by atoms with Gasteiger partial charge >= 0.3 is 5.97 Å². The second-order valence-corrected chi connectivity index (χ2v) is 8.11. The highest BCUT2D eigenvalue weighted by molar-refractivity contribution is 6.00. The molecule has 0 saturated carbocycles. The molecular weight excluding hydrogens is 416 g/mol. The average Bonchev–Trinajstić information content (AvgIpc) is 2.80. The number of aryl methyl sites for hydroxylation is 3. The van der Waals surface area contributed by atoms with E-state index in [-0.39, 0.29) is 24.4 Å². The van der Waals surface area contributed by atoms with Gasteiger partial charge in [0.2, 0.25) is 5.78 Å². The Kier molecular flexibility index (Phi) is 6.18. The van der Waals surface area contributed by atoms with Crippen LogP contribution in [0.25, 0.3) is 10.9 Å². The number of hydrogen-bond acceptors (Lipinski definition) is 5. The number of carbonyl (C=O) groups excluding carboxylic acids is 2. The van der Waals surface area contributed by atoms with Gasteiger partial charge in [-0.1, -0.05) is 36.4 Å².